The van der Waals surface area contributed by atoms with E-state index in [0.29, 0.717) is 30.8 Å². The molecule has 0 unspecified atom stereocenters. The Bertz CT molecular complexity index is 738. The van der Waals surface area contributed by atoms with E-state index in [1.807, 2.05) is 17.0 Å². The molecule has 0 aromatic heterocycles. The molecule has 6 heteroatoms. The predicted molar refractivity (Wildman–Crippen MR) is 96.6 cm³/mol. The number of hydrogen-bond acceptors (Lipinski definition) is 4. The lowest BCUT2D eigenvalue weighted by atomic mass is 9.76. The number of aliphatic carboxylic acids is 1. The zero-order valence-electron chi connectivity index (χ0n) is 15.2. The third-order valence-electron chi connectivity index (χ3n) is 6.41. The van der Waals surface area contributed by atoms with Crippen molar-refractivity contribution in [3.63, 3.8) is 0 Å². The third kappa shape index (κ3) is 2.96. The first kappa shape index (κ1) is 17.3. The second-order valence-electron chi connectivity index (χ2n) is 7.94. The van der Waals surface area contributed by atoms with Gasteiger partial charge in [0.25, 0.3) is 5.91 Å². The number of ether oxygens (including phenoxy) is 1. The van der Waals surface area contributed by atoms with E-state index in [2.05, 4.69) is 5.32 Å². The minimum Gasteiger partial charge on any atom is -0.496 e. The summed E-state index contributed by atoms with van der Waals surface area (Å²) in [6.45, 7) is 2.08. The summed E-state index contributed by atoms with van der Waals surface area (Å²) in [5, 5.41) is 12.3. The van der Waals surface area contributed by atoms with Gasteiger partial charge in [-0.3, -0.25) is 9.59 Å². The van der Waals surface area contributed by atoms with Crippen molar-refractivity contribution in [1.82, 2.24) is 10.2 Å². The Morgan fingerprint density at radius 1 is 1.23 bits per heavy atom. The lowest BCUT2D eigenvalue weighted by Gasteiger charge is -2.39. The van der Waals surface area contributed by atoms with E-state index in [1.54, 1.807) is 7.11 Å². The zero-order valence-corrected chi connectivity index (χ0v) is 15.2. The summed E-state index contributed by atoms with van der Waals surface area (Å²) in [6, 6.07) is 3.60. The molecule has 1 aromatic rings. The number of benzene rings is 1. The largest absolute Gasteiger partial charge is 0.496 e. The number of methoxy groups -OCH3 is 1. The van der Waals surface area contributed by atoms with Crippen LogP contribution in [0.2, 0.25) is 0 Å². The van der Waals surface area contributed by atoms with Crippen LogP contribution in [0, 0.1) is 5.41 Å². The lowest BCUT2D eigenvalue weighted by Crippen LogP contribution is -2.44. The predicted octanol–water partition coefficient (Wildman–Crippen LogP) is 1.85. The zero-order chi connectivity index (χ0) is 18.3. The highest BCUT2D eigenvalue weighted by Crippen LogP contribution is 2.40. The molecule has 26 heavy (non-hydrogen) atoms. The molecule has 140 valence electrons. The van der Waals surface area contributed by atoms with Crippen LogP contribution in [0.25, 0.3) is 0 Å². The van der Waals surface area contributed by atoms with Gasteiger partial charge in [0.15, 0.2) is 0 Å². The van der Waals surface area contributed by atoms with Gasteiger partial charge in [0.05, 0.1) is 12.7 Å². The summed E-state index contributed by atoms with van der Waals surface area (Å²) in [6.07, 6.45) is 5.59. The minimum atomic E-state index is -0.775. The number of carboxylic acids is 1. The number of nitrogens with one attached hydrogen (secondary N) is 1. The molecule has 0 bridgehead atoms. The first-order chi connectivity index (χ1) is 12.5. The summed E-state index contributed by atoms with van der Waals surface area (Å²) < 4.78 is 5.49. The highest BCUT2D eigenvalue weighted by molar-refractivity contribution is 5.97. The Kier molecular flexibility index (Phi) is 4.39. The molecule has 1 amide bonds. The Hall–Kier alpha value is -2.08. The van der Waals surface area contributed by atoms with Gasteiger partial charge in [0, 0.05) is 19.6 Å². The summed E-state index contributed by atoms with van der Waals surface area (Å²) in [5.41, 5.74) is 3.25. The van der Waals surface area contributed by atoms with Crippen LogP contribution >= 0.6 is 0 Å². The van der Waals surface area contributed by atoms with Crippen LogP contribution in [-0.4, -0.2) is 54.7 Å². The maximum Gasteiger partial charge on any atom is 0.320 e. The Morgan fingerprint density at radius 3 is 2.54 bits per heavy atom. The molecular weight excluding hydrogens is 332 g/mol. The van der Waals surface area contributed by atoms with Gasteiger partial charge in [-0.2, -0.15) is 0 Å². The highest BCUT2D eigenvalue weighted by Gasteiger charge is 2.44. The summed E-state index contributed by atoms with van der Waals surface area (Å²) in [5.74, 6) is -0.0696. The van der Waals surface area contributed by atoms with Crippen molar-refractivity contribution in [3.8, 4) is 5.75 Å². The quantitative estimate of drug-likeness (QED) is 0.862. The standard InChI is InChI=1S/C20H26N2O4/c1-26-17-10-14-4-2-3-13(14)9-15(17)18(23)22-7-5-20(6-8-22)11-16(19(24)25)21-12-20/h9-10,16,21H,2-8,11-12H2,1H3,(H,24,25)/t16-/m1/s1. The number of fused-ring (bicyclic) bond motifs is 1. The number of piperidine rings is 1. The van der Waals surface area contributed by atoms with Crippen molar-refractivity contribution in [3.05, 3.63) is 28.8 Å². The molecular formula is C20H26N2O4. The molecule has 2 N–H and O–H groups in total. The fourth-order valence-corrected chi connectivity index (χ4v) is 4.76. The van der Waals surface area contributed by atoms with Crippen LogP contribution in [0.3, 0.4) is 0 Å². The number of rotatable bonds is 3. The van der Waals surface area contributed by atoms with E-state index >= 15 is 0 Å². The summed E-state index contributed by atoms with van der Waals surface area (Å²) in [4.78, 5) is 26.2. The van der Waals surface area contributed by atoms with Gasteiger partial charge in [-0.25, -0.2) is 0 Å². The van der Waals surface area contributed by atoms with Crippen molar-refractivity contribution >= 4 is 11.9 Å². The normalized spacial score (nSPS) is 23.9. The van der Waals surface area contributed by atoms with Gasteiger partial charge in [0.2, 0.25) is 0 Å². The summed E-state index contributed by atoms with van der Waals surface area (Å²) >= 11 is 0. The molecule has 6 nitrogen and oxygen atoms in total. The van der Waals surface area contributed by atoms with E-state index in [0.717, 1.165) is 38.6 Å². The molecule has 2 fully saturated rings. The van der Waals surface area contributed by atoms with Crippen molar-refractivity contribution in [2.24, 2.45) is 5.41 Å². The molecule has 4 rings (SSSR count). The molecule has 0 saturated carbocycles. The monoisotopic (exact) mass is 358 g/mol. The van der Waals surface area contributed by atoms with Crippen molar-refractivity contribution < 1.29 is 19.4 Å². The number of nitrogens with zero attached hydrogens (tertiary/aromatic N) is 1. The minimum absolute atomic E-state index is 0.0157. The van der Waals surface area contributed by atoms with Crippen LogP contribution in [0.1, 0.15) is 47.2 Å². The van der Waals surface area contributed by atoms with Crippen molar-refractivity contribution in [2.75, 3.05) is 26.7 Å². The average molecular weight is 358 g/mol. The Morgan fingerprint density at radius 2 is 1.92 bits per heavy atom. The van der Waals surface area contributed by atoms with E-state index in [9.17, 15) is 14.7 Å². The molecule has 0 radical (unpaired) electrons. The Balaban J connectivity index is 1.47. The molecule has 3 aliphatic rings. The number of aryl methyl sites for hydroxylation is 2. The van der Waals surface area contributed by atoms with Crippen LogP contribution in [0.15, 0.2) is 12.1 Å². The van der Waals surface area contributed by atoms with Gasteiger partial charge < -0.3 is 20.1 Å². The second-order valence-corrected chi connectivity index (χ2v) is 7.94. The van der Waals surface area contributed by atoms with Gasteiger partial charge >= 0.3 is 5.97 Å². The maximum atomic E-state index is 13.1. The molecule has 2 saturated heterocycles. The van der Waals surface area contributed by atoms with Crippen LogP contribution in [0.4, 0.5) is 0 Å². The fourth-order valence-electron chi connectivity index (χ4n) is 4.76. The maximum absolute atomic E-state index is 13.1. The van der Waals surface area contributed by atoms with Gasteiger partial charge in [0.1, 0.15) is 11.8 Å². The Labute approximate surface area is 153 Å². The SMILES string of the molecule is COc1cc2c(cc1C(=O)N1CCC3(CC1)CN[C@@H](C(=O)O)C3)CCC2. The molecule has 1 aromatic carbocycles. The van der Waals surface area contributed by atoms with Crippen molar-refractivity contribution in [1.29, 1.82) is 0 Å². The average Bonchev–Trinajstić information content (AvgIpc) is 3.27. The van der Waals surface area contributed by atoms with Gasteiger partial charge in [-0.05, 0) is 67.2 Å². The smallest absolute Gasteiger partial charge is 0.320 e. The van der Waals surface area contributed by atoms with Gasteiger partial charge in [-0.15, -0.1) is 0 Å². The second kappa shape index (κ2) is 6.58. The number of amides is 1. The molecule has 1 atom stereocenters. The first-order valence-corrected chi connectivity index (χ1v) is 9.47. The van der Waals surface area contributed by atoms with E-state index < -0.39 is 12.0 Å². The van der Waals surface area contributed by atoms with Crippen LogP contribution in [0.5, 0.6) is 5.75 Å². The van der Waals surface area contributed by atoms with E-state index in [-0.39, 0.29) is 11.3 Å². The molecule has 2 aliphatic heterocycles. The molecule has 1 spiro atoms. The van der Waals surface area contributed by atoms with Crippen LogP contribution < -0.4 is 10.1 Å². The lowest BCUT2D eigenvalue weighted by molar-refractivity contribution is -0.139. The number of likely N-dealkylation sites (tertiary alicyclic amines) is 1. The topological polar surface area (TPSA) is 78.9 Å². The number of carbonyl (C=O) groups is 2. The van der Waals surface area contributed by atoms with Crippen molar-refractivity contribution in [2.45, 2.75) is 44.6 Å². The summed E-state index contributed by atoms with van der Waals surface area (Å²) in [7, 11) is 1.62. The highest BCUT2D eigenvalue weighted by atomic mass is 16.5. The number of carboxylic acid groups (broad SMARTS) is 1. The third-order valence-corrected chi connectivity index (χ3v) is 6.41. The molecule has 2 heterocycles. The fraction of sp³-hybridized carbons (Fsp3) is 0.600. The first-order valence-electron chi connectivity index (χ1n) is 9.47. The van der Waals surface area contributed by atoms with Crippen LogP contribution in [-0.2, 0) is 17.6 Å². The van der Waals surface area contributed by atoms with E-state index in [4.69, 9.17) is 4.74 Å². The number of carbonyl (C=O) groups excluding carboxylic acids is 1. The van der Waals surface area contributed by atoms with Gasteiger partial charge in [-0.1, -0.05) is 0 Å². The number of hydrogen-bond donors (Lipinski definition) is 2. The molecule has 1 aliphatic carbocycles. The van der Waals surface area contributed by atoms with E-state index in [1.165, 1.54) is 11.1 Å².